The van der Waals surface area contributed by atoms with Crippen molar-refractivity contribution in [1.29, 1.82) is 5.26 Å². The lowest BCUT2D eigenvalue weighted by atomic mass is 9.78. The maximum absolute atomic E-state index is 14.7. The average Bonchev–Trinajstić information content (AvgIpc) is 3.57. The largest absolute Gasteiger partial charge is 0.507 e. The summed E-state index contributed by atoms with van der Waals surface area (Å²) in [6, 6.07) is 9.26. The Kier molecular flexibility index (Phi) is 15.8. The van der Waals surface area contributed by atoms with Crippen LogP contribution in [0.5, 0.6) is 23.0 Å². The second kappa shape index (κ2) is 21.0. The summed E-state index contributed by atoms with van der Waals surface area (Å²) in [6.07, 6.45) is 4.76. The molecule has 17 heteroatoms. The van der Waals surface area contributed by atoms with E-state index in [-0.39, 0.29) is 56.6 Å². The van der Waals surface area contributed by atoms with Crippen molar-refractivity contribution in [1.82, 2.24) is 9.91 Å². The first-order valence-corrected chi connectivity index (χ1v) is 23.2. The number of esters is 1. The normalized spacial score (nSPS) is 29.4. The molecule has 11 unspecified atom stereocenters. The van der Waals surface area contributed by atoms with Crippen molar-refractivity contribution >= 4 is 40.3 Å². The molecule has 0 radical (unpaired) electrons. The Labute approximate surface area is 402 Å². The van der Waals surface area contributed by atoms with Crippen LogP contribution in [-0.4, -0.2) is 122 Å². The maximum Gasteiger partial charge on any atom is 0.312 e. The number of benzene rings is 3. The summed E-state index contributed by atoms with van der Waals surface area (Å²) in [5.41, 5.74) is 1.06. The van der Waals surface area contributed by atoms with Crippen molar-refractivity contribution in [2.24, 2.45) is 28.8 Å². The number of rotatable bonds is 6. The molecule has 17 nitrogen and oxygen atoms in total. The number of anilines is 1. The van der Waals surface area contributed by atoms with Gasteiger partial charge in [-0.3, -0.25) is 24.3 Å². The molecule has 11 atom stereocenters. The predicted molar refractivity (Wildman–Crippen MR) is 259 cm³/mol. The van der Waals surface area contributed by atoms with Crippen LogP contribution < -0.4 is 10.1 Å². The number of aliphatic hydroxyl groups is 2. The van der Waals surface area contributed by atoms with E-state index in [1.54, 1.807) is 45.9 Å². The van der Waals surface area contributed by atoms with Crippen LogP contribution in [0, 0.1) is 41.9 Å². The van der Waals surface area contributed by atoms with Crippen molar-refractivity contribution in [3.05, 3.63) is 88.2 Å². The zero-order valence-corrected chi connectivity index (χ0v) is 41.1. The zero-order valence-electron chi connectivity index (χ0n) is 41.1. The fraction of sp³-hybridized carbons (Fsp3) is 0.481. The minimum Gasteiger partial charge on any atom is -0.507 e. The van der Waals surface area contributed by atoms with Crippen molar-refractivity contribution < 1.29 is 58.9 Å². The molecule has 6 N–H and O–H groups in total. The number of amides is 1. The van der Waals surface area contributed by atoms with Gasteiger partial charge in [0.2, 0.25) is 0 Å². The number of phenols is 3. The van der Waals surface area contributed by atoms with Gasteiger partial charge in [0.15, 0.2) is 5.75 Å². The molecule has 4 heterocycles. The highest BCUT2D eigenvalue weighted by Gasteiger charge is 2.50. The second-order valence-electron chi connectivity index (χ2n) is 18.9. The molecule has 1 saturated heterocycles. The van der Waals surface area contributed by atoms with Crippen LogP contribution in [0.2, 0.25) is 0 Å². The third kappa shape index (κ3) is 10.4. The lowest BCUT2D eigenvalue weighted by molar-refractivity contribution is -0.160. The van der Waals surface area contributed by atoms with Crippen LogP contribution >= 0.6 is 0 Å². The summed E-state index contributed by atoms with van der Waals surface area (Å²) in [5.74, 6) is -8.64. The minimum absolute atomic E-state index is 0.0350. The number of methoxy groups -OCH3 is 1. The van der Waals surface area contributed by atoms with Crippen molar-refractivity contribution in [2.75, 3.05) is 25.5 Å². The monoisotopic (exact) mass is 951 g/mol. The van der Waals surface area contributed by atoms with Gasteiger partial charge in [0.25, 0.3) is 11.7 Å². The van der Waals surface area contributed by atoms with Gasteiger partial charge in [-0.15, -0.1) is 0 Å². The number of hydrogen-bond acceptors (Lipinski definition) is 16. The molecule has 4 aliphatic heterocycles. The van der Waals surface area contributed by atoms with E-state index in [0.29, 0.717) is 25.2 Å². The Morgan fingerprint density at radius 1 is 0.971 bits per heavy atom. The van der Waals surface area contributed by atoms with Crippen molar-refractivity contribution in [2.45, 2.75) is 118 Å². The molecular weight excluding hydrogens is 887 g/mol. The first-order chi connectivity index (χ1) is 32.5. The van der Waals surface area contributed by atoms with Gasteiger partial charge in [-0.25, -0.2) is 0 Å². The summed E-state index contributed by atoms with van der Waals surface area (Å²) in [6.45, 7) is 18.2. The van der Waals surface area contributed by atoms with Gasteiger partial charge in [-0.1, -0.05) is 58.1 Å². The van der Waals surface area contributed by atoms with Crippen LogP contribution in [0.25, 0.3) is 10.8 Å². The van der Waals surface area contributed by atoms with Crippen LogP contribution in [-0.2, 0) is 30.3 Å². The molecule has 69 heavy (non-hydrogen) atoms. The summed E-state index contributed by atoms with van der Waals surface area (Å²) < 4.78 is 23.8. The number of Topliss-reactive ketones (excluding diaryl/α,β-unsaturated/α-hetero) is 1. The van der Waals surface area contributed by atoms with Gasteiger partial charge in [-0.05, 0) is 51.5 Å². The first kappa shape index (κ1) is 51.9. The number of piperazine rings is 1. The second-order valence-corrected chi connectivity index (χ2v) is 18.9. The number of hydrazone groups is 1. The Morgan fingerprint density at radius 3 is 2.29 bits per heavy atom. The highest BCUT2D eigenvalue weighted by Crippen LogP contribution is 2.55. The van der Waals surface area contributed by atoms with E-state index in [2.05, 4.69) is 16.3 Å². The van der Waals surface area contributed by atoms with E-state index in [1.165, 1.54) is 59.4 Å². The molecule has 0 spiro atoms. The van der Waals surface area contributed by atoms with E-state index in [1.807, 2.05) is 37.1 Å². The van der Waals surface area contributed by atoms with Crippen molar-refractivity contribution in [3.8, 4) is 29.1 Å². The smallest absolute Gasteiger partial charge is 0.312 e. The fourth-order valence-corrected chi connectivity index (χ4v) is 9.77. The number of fused-ring (bicyclic) bond motifs is 14. The SMILES string of the molecule is COC1C=COC2(C)Oc3c(C)c(O)c4c(O)c(c(/C=N/N5C(C)CN(Cc6cccc(C#N)c6)CC5C)c(O)c4c3C2=O)NC(=O)C(C)=CC=CC(C)C(O)C(C)C(O)C(C)C(OC(C)=O)C1C. The number of nitriles is 1. The number of phenolic OH excluding ortho intramolecular Hbond substituents is 3. The number of nitrogens with zero attached hydrogens (tertiary/aromatic N) is 4. The highest BCUT2D eigenvalue weighted by atomic mass is 16.7. The Morgan fingerprint density at radius 2 is 1.65 bits per heavy atom. The van der Waals surface area contributed by atoms with E-state index in [4.69, 9.17) is 24.0 Å². The molecule has 1 amide bonds. The fourth-order valence-electron chi connectivity index (χ4n) is 9.77. The number of carbonyl (C=O) groups excluding carboxylic acids is 3. The van der Waals surface area contributed by atoms with Gasteiger partial charge in [0.05, 0.1) is 76.7 Å². The Bertz CT molecular complexity index is 2630. The van der Waals surface area contributed by atoms with Gasteiger partial charge in [-0.2, -0.15) is 10.4 Å². The van der Waals surface area contributed by atoms with Crippen LogP contribution in [0.1, 0.15) is 94.9 Å². The molecule has 3 aromatic carbocycles. The number of ketones is 1. The molecule has 0 aliphatic carbocycles. The first-order valence-electron chi connectivity index (χ1n) is 23.2. The molecule has 4 aliphatic rings. The third-order valence-electron chi connectivity index (χ3n) is 13.8. The summed E-state index contributed by atoms with van der Waals surface area (Å²) >= 11 is 0. The topological polar surface area (TPSA) is 244 Å². The standard InChI is InChI=1S/C52H65N5O12/c1-26-14-12-15-27(2)51(65)55-42-37(22-54-57-28(3)23-56(24-29(57)4)25-36-17-13-16-35(20-36)21-53)46(62)39-40(47(42)63)45(61)33(8)49-41(39)50(64)52(10,69-49)67-19-18-38(66-11)30(5)48(68-34(9)58)32(7)44(60)31(6)43(26)59/h12-20,22,26,28-32,38,43-44,48,59-63H,23-25H2,1-11H3,(H,55,65)/b14-12?,19-18?,27-15?,54-22+. The van der Waals surface area contributed by atoms with E-state index in [0.717, 1.165) is 5.56 Å². The molecule has 370 valence electrons. The molecule has 0 aromatic heterocycles. The van der Waals surface area contributed by atoms with Gasteiger partial charge < -0.3 is 49.8 Å². The zero-order chi connectivity index (χ0) is 50.8. The third-order valence-corrected chi connectivity index (χ3v) is 13.8. The van der Waals surface area contributed by atoms with Crippen LogP contribution in [0.15, 0.2) is 65.5 Å². The molecule has 1 fully saturated rings. The van der Waals surface area contributed by atoms with Crippen LogP contribution in [0.3, 0.4) is 0 Å². The summed E-state index contributed by atoms with van der Waals surface area (Å²) in [4.78, 5) is 43.3. The lowest BCUT2D eigenvalue weighted by Gasteiger charge is -2.42. The summed E-state index contributed by atoms with van der Waals surface area (Å²) in [5, 5.41) is 77.5. The number of aliphatic hydroxyl groups excluding tert-OH is 2. The Balaban J connectivity index is 1.48. The maximum atomic E-state index is 14.7. The van der Waals surface area contributed by atoms with Gasteiger partial charge in [0.1, 0.15) is 23.4 Å². The molecule has 0 saturated carbocycles. The predicted octanol–water partition coefficient (Wildman–Crippen LogP) is 6.55. The molecule has 5 bridgehead atoms. The minimum atomic E-state index is -2.08. The summed E-state index contributed by atoms with van der Waals surface area (Å²) in [7, 11) is 1.43. The number of hydrogen-bond donors (Lipinski definition) is 6. The number of aromatic hydroxyl groups is 3. The average molecular weight is 952 g/mol. The molecular formula is C52H65N5O12. The van der Waals surface area contributed by atoms with E-state index in [9.17, 15) is 45.2 Å². The van der Waals surface area contributed by atoms with Crippen LogP contribution in [0.4, 0.5) is 5.69 Å². The lowest BCUT2D eigenvalue weighted by Crippen LogP contribution is -2.54. The highest BCUT2D eigenvalue weighted by molar-refractivity contribution is 6.23. The van der Waals surface area contributed by atoms with E-state index < -0.39 is 88.8 Å². The number of nitrogens with one attached hydrogen (secondary N) is 1. The molecule has 7 rings (SSSR count). The Hall–Kier alpha value is -6.45. The van der Waals surface area contributed by atoms with Gasteiger partial charge in [0, 0.05) is 80.8 Å². The van der Waals surface area contributed by atoms with E-state index >= 15 is 0 Å². The van der Waals surface area contributed by atoms with Gasteiger partial charge >= 0.3 is 11.8 Å². The quantitative estimate of drug-likeness (QED) is 0.0664. The number of carbonyl (C=O) groups is 3. The number of ether oxygens (including phenoxy) is 4. The molecule has 3 aromatic rings. The number of allylic oxidation sites excluding steroid dienone is 2. The van der Waals surface area contributed by atoms with Crippen molar-refractivity contribution in [3.63, 3.8) is 0 Å².